The quantitative estimate of drug-likeness (QED) is 0.123. The summed E-state index contributed by atoms with van der Waals surface area (Å²) in [5, 5.41) is 4.72. The van der Waals surface area contributed by atoms with E-state index >= 15 is 0 Å². The van der Waals surface area contributed by atoms with Crippen LogP contribution >= 0.6 is 0 Å². The molecule has 0 amide bonds. The molecule has 0 N–H and O–H groups in total. The minimum Gasteiger partial charge on any atom is -0.458 e. The van der Waals surface area contributed by atoms with Crippen LogP contribution in [0, 0.1) is 6.33 Å². The van der Waals surface area contributed by atoms with Gasteiger partial charge in [-0.15, -0.1) is 0 Å². The number of rotatable bonds is 6. The molecule has 0 saturated heterocycles. The molecule has 0 saturated carbocycles. The van der Waals surface area contributed by atoms with Gasteiger partial charge in [-0.25, -0.2) is 4.98 Å². The molecule has 0 atom stereocenters. The van der Waals surface area contributed by atoms with Crippen LogP contribution in [0.25, 0.3) is 122 Å². The van der Waals surface area contributed by atoms with E-state index in [4.69, 9.17) is 9.72 Å². The van der Waals surface area contributed by atoms with Crippen LogP contribution in [0.4, 0.5) is 0 Å². The molecule has 0 unspecified atom stereocenters. The molecule has 0 aliphatic carbocycles. The average Bonchev–Trinajstić information content (AvgIpc) is 1.54. The minimum atomic E-state index is -0.209. The van der Waals surface area contributed by atoms with Crippen LogP contribution in [-0.4, -0.2) is 18.7 Å². The summed E-state index contributed by atoms with van der Waals surface area (Å²) >= 11 is 0. The SMILES string of the molecule is CC(C)(C)c1cc(-c2cc3c4c(c2)n(-c2cccc(Oc5ccc6c7ccccc7n(-c7cc(C(C)(C)C)ccn7)c6c5)c2)[c-][n+]4-c2c(cc(C(C)(C)C)cc2-n2c4ccccc4c4ccccc42)-c2ccccc2-c2ccccc2-3)cc(C(C)(C)C)c1. The third-order valence-electron chi connectivity index (χ3n) is 18.3. The Morgan fingerprint density at radius 2 is 0.864 bits per heavy atom. The molecule has 6 nitrogen and oxygen atoms in total. The Morgan fingerprint density at radius 3 is 1.45 bits per heavy atom. The average molecular weight is 1140 g/mol. The maximum Gasteiger partial charge on any atom is 0.269 e. The Balaban J connectivity index is 1.03. The van der Waals surface area contributed by atoms with Crippen molar-refractivity contribution in [1.29, 1.82) is 0 Å². The highest BCUT2D eigenvalue weighted by Crippen LogP contribution is 2.49. The van der Waals surface area contributed by atoms with E-state index in [9.17, 15) is 0 Å². The second-order valence-corrected chi connectivity index (χ2v) is 28.3. The second kappa shape index (κ2) is 19.9. The van der Waals surface area contributed by atoms with Gasteiger partial charge in [-0.2, -0.15) is 0 Å². The van der Waals surface area contributed by atoms with E-state index in [1.165, 1.54) is 55.1 Å². The van der Waals surface area contributed by atoms with Gasteiger partial charge < -0.3 is 9.30 Å². The first kappa shape index (κ1) is 54.8. The zero-order chi connectivity index (χ0) is 60.8. The van der Waals surface area contributed by atoms with E-state index < -0.39 is 0 Å². The van der Waals surface area contributed by atoms with Crippen molar-refractivity contribution in [2.24, 2.45) is 0 Å². The maximum absolute atomic E-state index is 7.10. The molecule has 88 heavy (non-hydrogen) atoms. The molecule has 0 radical (unpaired) electrons. The molecule has 6 heteroatoms. The summed E-state index contributed by atoms with van der Waals surface area (Å²) in [4.78, 5) is 4.98. The lowest BCUT2D eigenvalue weighted by Gasteiger charge is -2.27. The van der Waals surface area contributed by atoms with Crippen LogP contribution in [0.2, 0.25) is 0 Å². The molecule has 14 aromatic rings. The van der Waals surface area contributed by atoms with Crippen molar-refractivity contribution < 1.29 is 9.30 Å². The van der Waals surface area contributed by atoms with E-state index in [1.54, 1.807) is 0 Å². The lowest BCUT2D eigenvalue weighted by Crippen LogP contribution is -2.33. The molecule has 1 aliphatic rings. The lowest BCUT2D eigenvalue weighted by molar-refractivity contribution is -0.571. The molecule has 5 heterocycles. The number of para-hydroxylation sites is 3. The largest absolute Gasteiger partial charge is 0.458 e. The lowest BCUT2D eigenvalue weighted by atomic mass is 9.78. The molecule has 0 spiro atoms. The molecular weight excluding hydrogens is 1070 g/mol. The summed E-state index contributed by atoms with van der Waals surface area (Å²) in [6, 6.07) is 80.9. The number of ether oxygens (including phenoxy) is 1. The Kier molecular flexibility index (Phi) is 12.4. The van der Waals surface area contributed by atoms with E-state index in [0.29, 0.717) is 5.75 Å². The van der Waals surface area contributed by atoms with Crippen molar-refractivity contribution in [3.8, 4) is 78.9 Å². The van der Waals surface area contributed by atoms with Crippen molar-refractivity contribution in [2.75, 3.05) is 0 Å². The third-order valence-corrected chi connectivity index (χ3v) is 18.3. The van der Waals surface area contributed by atoms with Gasteiger partial charge >= 0.3 is 0 Å². The second-order valence-electron chi connectivity index (χ2n) is 28.3. The molecule has 4 aromatic heterocycles. The highest BCUT2D eigenvalue weighted by molar-refractivity contribution is 6.11. The first-order chi connectivity index (χ1) is 42.2. The van der Waals surface area contributed by atoms with Gasteiger partial charge in [-0.3, -0.25) is 13.7 Å². The van der Waals surface area contributed by atoms with Crippen LogP contribution in [-0.2, 0) is 21.7 Å². The van der Waals surface area contributed by atoms with Crippen molar-refractivity contribution >= 4 is 54.6 Å². The number of benzene rings is 10. The third kappa shape index (κ3) is 9.06. The first-order valence-corrected chi connectivity index (χ1v) is 31.0. The molecule has 15 rings (SSSR count). The Labute approximate surface area is 516 Å². The number of fused-ring (bicyclic) bond motifs is 13. The molecule has 0 fully saturated rings. The number of aromatic nitrogens is 5. The predicted octanol–water partition coefficient (Wildman–Crippen LogP) is 21.3. The fraction of sp³-hybridized carbons (Fsp3) is 0.195. The van der Waals surface area contributed by atoms with E-state index in [1.807, 2.05) is 6.20 Å². The van der Waals surface area contributed by atoms with Crippen LogP contribution in [0.5, 0.6) is 11.5 Å². The van der Waals surface area contributed by atoms with Gasteiger partial charge in [0.1, 0.15) is 17.3 Å². The van der Waals surface area contributed by atoms with Gasteiger partial charge in [-0.1, -0.05) is 223 Å². The van der Waals surface area contributed by atoms with E-state index in [2.05, 4.69) is 326 Å². The molecule has 0 bridgehead atoms. The van der Waals surface area contributed by atoms with Gasteiger partial charge in [0.15, 0.2) is 0 Å². The highest BCUT2D eigenvalue weighted by atomic mass is 16.5. The van der Waals surface area contributed by atoms with E-state index in [0.717, 1.165) is 94.9 Å². The maximum atomic E-state index is 7.10. The Morgan fingerprint density at radius 1 is 0.364 bits per heavy atom. The summed E-state index contributed by atoms with van der Waals surface area (Å²) in [6.07, 6.45) is 6.13. The van der Waals surface area contributed by atoms with Crippen LogP contribution in [0.3, 0.4) is 0 Å². The van der Waals surface area contributed by atoms with Crippen molar-refractivity contribution in [2.45, 2.75) is 105 Å². The number of hydrogen-bond donors (Lipinski definition) is 0. The summed E-state index contributed by atoms with van der Waals surface area (Å²) in [5.74, 6) is 2.31. The normalized spacial score (nSPS) is 12.8. The molecular formula is C82H73N5O. The van der Waals surface area contributed by atoms with Crippen molar-refractivity contribution in [3.63, 3.8) is 0 Å². The summed E-state index contributed by atoms with van der Waals surface area (Å²) in [5.41, 5.74) is 23.4. The zero-order valence-electron chi connectivity index (χ0n) is 52.5. The fourth-order valence-electron chi connectivity index (χ4n) is 13.5. The topological polar surface area (TPSA) is 40.8 Å². The fourth-order valence-corrected chi connectivity index (χ4v) is 13.5. The van der Waals surface area contributed by atoms with Crippen LogP contribution in [0.1, 0.15) is 105 Å². The summed E-state index contributed by atoms with van der Waals surface area (Å²) in [6.45, 7) is 27.7. The summed E-state index contributed by atoms with van der Waals surface area (Å²) in [7, 11) is 0. The smallest absolute Gasteiger partial charge is 0.269 e. The van der Waals surface area contributed by atoms with Gasteiger partial charge in [0, 0.05) is 33.8 Å². The van der Waals surface area contributed by atoms with Gasteiger partial charge in [0.05, 0.1) is 50.2 Å². The Bertz CT molecular complexity index is 5080. The number of hydrogen-bond acceptors (Lipinski definition) is 2. The van der Waals surface area contributed by atoms with Crippen LogP contribution in [0.15, 0.2) is 225 Å². The first-order valence-electron chi connectivity index (χ1n) is 31.0. The van der Waals surface area contributed by atoms with Crippen molar-refractivity contribution in [3.05, 3.63) is 253 Å². The number of nitrogens with zero attached hydrogens (tertiary/aromatic N) is 5. The predicted molar refractivity (Wildman–Crippen MR) is 367 cm³/mol. The van der Waals surface area contributed by atoms with Crippen LogP contribution < -0.4 is 9.30 Å². The highest BCUT2D eigenvalue weighted by Gasteiger charge is 2.32. The zero-order valence-corrected chi connectivity index (χ0v) is 52.5. The standard InChI is InChI=1S/C82H73N5O/c1-79(2,3)53-38-39-83-76(47-53)87-72-35-22-19-32-66(72)67-37-36-59(49-73(67)87)88-58-25-23-24-57(48-58)84-50-85-77-68(42-52(43-74(77)84)51-40-54(80(4,5)6)44-55(41-51)81(7,8)9)62-28-15-13-26-60(62)61-27-14-16-29-63(61)69-45-56(82(10,11)12)46-75(78(69)85)86-70-33-20-17-30-64(70)65-31-18-21-34-71(65)86/h13-49H,1-12H3. The number of pyridine rings is 1. The van der Waals surface area contributed by atoms with E-state index in [-0.39, 0.29) is 21.7 Å². The molecule has 1 aliphatic heterocycles. The van der Waals surface area contributed by atoms with Gasteiger partial charge in [0.25, 0.3) is 6.33 Å². The molecule has 432 valence electrons. The Hall–Kier alpha value is -9.78. The molecule has 10 aromatic carbocycles. The van der Waals surface area contributed by atoms with Gasteiger partial charge in [0.2, 0.25) is 0 Å². The van der Waals surface area contributed by atoms with Gasteiger partial charge in [-0.05, 0) is 161 Å². The monoisotopic (exact) mass is 1140 g/mol. The minimum absolute atomic E-state index is 0.0486. The number of imidazole rings is 1. The van der Waals surface area contributed by atoms with Crippen molar-refractivity contribution in [1.82, 2.24) is 18.7 Å². The summed E-state index contributed by atoms with van der Waals surface area (Å²) < 4.78 is 16.6.